The van der Waals surface area contributed by atoms with Crippen molar-refractivity contribution in [2.24, 2.45) is 0 Å². The largest absolute Gasteiger partial charge is 0.497 e. The number of hydrogen-bond acceptors (Lipinski definition) is 8. The summed E-state index contributed by atoms with van der Waals surface area (Å²) in [5.41, 5.74) is 5.57. The van der Waals surface area contributed by atoms with E-state index in [1.165, 1.54) is 0 Å². The molecule has 1 N–H and O–H groups in total. The Kier molecular flexibility index (Phi) is 10.8. The highest BCUT2D eigenvalue weighted by Gasteiger charge is 2.24. The summed E-state index contributed by atoms with van der Waals surface area (Å²) in [5.74, 6) is 1.62. The Morgan fingerprint density at radius 1 is 0.776 bits per heavy atom. The fraction of sp³-hybridized carbons (Fsp3) is 0.333. The van der Waals surface area contributed by atoms with Gasteiger partial charge in [-0.05, 0) is 61.4 Å². The Bertz CT molecular complexity index is 2140. The van der Waals surface area contributed by atoms with Crippen molar-refractivity contribution in [1.29, 1.82) is 0 Å². The van der Waals surface area contributed by atoms with E-state index in [0.29, 0.717) is 37.1 Å². The van der Waals surface area contributed by atoms with Crippen molar-refractivity contribution in [3.05, 3.63) is 116 Å². The van der Waals surface area contributed by atoms with Crippen molar-refractivity contribution < 1.29 is 18.9 Å². The predicted octanol–water partition coefficient (Wildman–Crippen LogP) is 5.04. The Morgan fingerprint density at radius 3 is 1.76 bits per heavy atom. The summed E-state index contributed by atoms with van der Waals surface area (Å²) < 4.78 is 26.6. The highest BCUT2D eigenvalue weighted by molar-refractivity contribution is 14.1. The Labute approximate surface area is 296 Å². The molecule has 0 saturated carbocycles. The van der Waals surface area contributed by atoms with E-state index in [-0.39, 0.29) is 17.2 Å². The number of nitrogens with zero attached hydrogens (tertiary/aromatic N) is 5. The van der Waals surface area contributed by atoms with E-state index < -0.39 is 0 Å². The van der Waals surface area contributed by atoms with Gasteiger partial charge in [0.25, 0.3) is 11.1 Å². The van der Waals surface area contributed by atoms with Crippen molar-refractivity contribution in [2.45, 2.75) is 36.9 Å². The number of alkyl halides is 1. The number of halogens is 1. The number of benzene rings is 2. The Hall–Kier alpha value is -4.47. The van der Waals surface area contributed by atoms with E-state index in [9.17, 15) is 9.59 Å². The summed E-state index contributed by atoms with van der Waals surface area (Å²) in [5, 5.41) is 12.4. The van der Waals surface area contributed by atoms with Gasteiger partial charge in [0.1, 0.15) is 11.5 Å². The van der Waals surface area contributed by atoms with E-state index in [4.69, 9.17) is 18.9 Å². The van der Waals surface area contributed by atoms with Gasteiger partial charge in [-0.15, -0.1) is 0 Å². The number of H-pyrrole nitrogens is 1. The first-order chi connectivity index (χ1) is 23.7. The first-order valence-corrected chi connectivity index (χ1v) is 17.2. The van der Waals surface area contributed by atoms with Crippen LogP contribution in [0.25, 0.3) is 21.8 Å². The van der Waals surface area contributed by atoms with Crippen LogP contribution in [-0.4, -0.2) is 73.7 Å². The molecule has 0 atom stereocenters. The maximum atomic E-state index is 12.9. The lowest BCUT2D eigenvalue weighted by molar-refractivity contribution is -0.0266. The zero-order valence-electron chi connectivity index (χ0n) is 27.9. The van der Waals surface area contributed by atoms with Crippen LogP contribution in [0.4, 0.5) is 0 Å². The van der Waals surface area contributed by atoms with Gasteiger partial charge in [0.2, 0.25) is 0 Å². The normalized spacial score (nSPS) is 14.3. The fourth-order valence-corrected chi connectivity index (χ4v) is 6.02. The minimum Gasteiger partial charge on any atom is -0.497 e. The molecule has 8 rings (SSSR count). The first kappa shape index (κ1) is 34.4. The molecule has 13 heteroatoms. The summed E-state index contributed by atoms with van der Waals surface area (Å²) in [6.45, 7) is 8.21. The Morgan fingerprint density at radius 2 is 1.29 bits per heavy atom. The van der Waals surface area contributed by atoms with Crippen LogP contribution in [0.3, 0.4) is 0 Å². The van der Waals surface area contributed by atoms with Crippen molar-refractivity contribution in [3.63, 3.8) is 0 Å². The van der Waals surface area contributed by atoms with Crippen molar-refractivity contribution in [3.8, 4) is 11.5 Å². The number of fused-ring (bicyclic) bond motifs is 2. The molecule has 2 saturated heterocycles. The minimum absolute atomic E-state index is 0.00712. The van der Waals surface area contributed by atoms with Gasteiger partial charge >= 0.3 is 0 Å². The number of pyridine rings is 2. The maximum Gasteiger partial charge on any atom is 0.262 e. The van der Waals surface area contributed by atoms with Gasteiger partial charge in [-0.1, -0.05) is 46.9 Å². The molecule has 0 aliphatic carbocycles. The molecule has 2 aliphatic rings. The molecular weight excluding hydrogens is 739 g/mol. The van der Waals surface area contributed by atoms with Crippen LogP contribution in [0.2, 0.25) is 0 Å². The summed E-state index contributed by atoms with van der Waals surface area (Å²) in [6.07, 6.45) is 3.24. The van der Waals surface area contributed by atoms with Gasteiger partial charge in [0.05, 0.1) is 97.9 Å². The lowest BCUT2D eigenvalue weighted by atomic mass is 10.2. The maximum absolute atomic E-state index is 12.9. The smallest absolute Gasteiger partial charge is 0.262 e. The number of aromatic nitrogens is 6. The summed E-state index contributed by atoms with van der Waals surface area (Å²) >= 11 is 2.37. The van der Waals surface area contributed by atoms with Gasteiger partial charge in [-0.2, -0.15) is 10.2 Å². The monoisotopic (exact) mass is 778 g/mol. The molecule has 0 unspecified atom stereocenters. The van der Waals surface area contributed by atoms with Gasteiger partial charge < -0.3 is 28.1 Å². The van der Waals surface area contributed by atoms with E-state index in [1.54, 1.807) is 35.7 Å². The van der Waals surface area contributed by atoms with E-state index in [2.05, 4.69) is 37.9 Å². The molecule has 6 heterocycles. The SMILES string of the molecule is COc1ccc(Cn2c(C)cc3[nH]ncc3c2=O)cc1.COc1ccc(Cn2c(C)cc3c(cnn3C3COC3)c2=O)cc1.IC1COC1. The number of rotatable bonds is 7. The lowest BCUT2D eigenvalue weighted by Crippen LogP contribution is -2.31. The second kappa shape index (κ2) is 15.4. The van der Waals surface area contributed by atoms with Crippen LogP contribution in [0, 0.1) is 13.8 Å². The number of hydrogen-bond donors (Lipinski definition) is 1. The second-order valence-corrected chi connectivity index (χ2v) is 13.7. The predicted molar refractivity (Wildman–Crippen MR) is 196 cm³/mol. The second-order valence-electron chi connectivity index (χ2n) is 12.0. The number of nitrogens with one attached hydrogen (secondary N) is 1. The highest BCUT2D eigenvalue weighted by Crippen LogP contribution is 2.23. The minimum atomic E-state index is -0.0235. The number of methoxy groups -OCH3 is 2. The summed E-state index contributed by atoms with van der Waals surface area (Å²) in [6, 6.07) is 19.7. The van der Waals surface area contributed by atoms with Gasteiger partial charge in [-0.25, -0.2) is 0 Å². The molecule has 6 aromatic rings. The topological polar surface area (TPSA) is 127 Å². The van der Waals surface area contributed by atoms with Crippen LogP contribution in [0.1, 0.15) is 28.6 Å². The average molecular weight is 779 g/mol. The van der Waals surface area contributed by atoms with Crippen LogP contribution in [0.15, 0.2) is 82.6 Å². The third-order valence-corrected chi connectivity index (χ3v) is 9.29. The van der Waals surface area contributed by atoms with Crippen LogP contribution in [0.5, 0.6) is 11.5 Å². The van der Waals surface area contributed by atoms with Crippen LogP contribution < -0.4 is 20.6 Å². The molecule has 2 aromatic carbocycles. The molecule has 4 aromatic heterocycles. The average Bonchev–Trinajstić information content (AvgIpc) is 3.72. The third kappa shape index (κ3) is 7.73. The van der Waals surface area contributed by atoms with Gasteiger partial charge in [-0.3, -0.25) is 19.4 Å². The lowest BCUT2D eigenvalue weighted by Gasteiger charge is -2.26. The highest BCUT2D eigenvalue weighted by atomic mass is 127. The van der Waals surface area contributed by atoms with Crippen LogP contribution >= 0.6 is 22.6 Å². The summed E-state index contributed by atoms with van der Waals surface area (Å²) in [4.78, 5) is 25.3. The number of aromatic amines is 1. The molecule has 2 fully saturated rings. The molecule has 0 spiro atoms. The molecule has 12 nitrogen and oxygen atoms in total. The molecule has 0 radical (unpaired) electrons. The van der Waals surface area contributed by atoms with Gasteiger partial charge in [0, 0.05) is 11.4 Å². The molecule has 0 amide bonds. The number of aryl methyl sites for hydroxylation is 2. The molecular formula is C36H39IN6O6. The van der Waals surface area contributed by atoms with E-state index >= 15 is 0 Å². The third-order valence-electron chi connectivity index (χ3n) is 8.57. The zero-order chi connectivity index (χ0) is 34.5. The van der Waals surface area contributed by atoms with Crippen molar-refractivity contribution in [2.75, 3.05) is 40.6 Å². The van der Waals surface area contributed by atoms with Gasteiger partial charge in [0.15, 0.2) is 0 Å². The van der Waals surface area contributed by atoms with Crippen molar-refractivity contribution in [1.82, 2.24) is 29.1 Å². The molecule has 2 aliphatic heterocycles. The van der Waals surface area contributed by atoms with E-state index in [1.807, 2.05) is 79.2 Å². The number of ether oxygens (including phenoxy) is 4. The molecule has 49 heavy (non-hydrogen) atoms. The van der Waals surface area contributed by atoms with Crippen LogP contribution in [-0.2, 0) is 22.6 Å². The standard InChI is InChI=1S/C18H19N3O3.C15H15N3O2.C3H5IO/c1-12-7-17-16(8-19-21(17)14-10-24-11-14)18(22)20(12)9-13-3-5-15(23-2)6-4-13;1-10-7-14-13(8-16-17-14)15(19)18(10)9-11-3-5-12(20-2)6-4-11;4-3-1-5-2-3/h3-8,14H,9-11H2,1-2H3;3-8H,9H2,1-2H3,(H,16,17);3H,1-2H2. The molecule has 0 bridgehead atoms. The Balaban J connectivity index is 0.000000151. The summed E-state index contributed by atoms with van der Waals surface area (Å²) in [7, 11) is 3.28. The molecule has 256 valence electrons. The quantitative estimate of drug-likeness (QED) is 0.177. The fourth-order valence-electron chi connectivity index (χ4n) is 5.51. The first-order valence-electron chi connectivity index (χ1n) is 15.9. The zero-order valence-corrected chi connectivity index (χ0v) is 30.0. The van der Waals surface area contributed by atoms with E-state index in [0.717, 1.165) is 62.2 Å². The van der Waals surface area contributed by atoms with Crippen molar-refractivity contribution >= 4 is 44.4 Å².